The van der Waals surface area contributed by atoms with Crippen LogP contribution < -0.4 is 4.31 Å². The van der Waals surface area contributed by atoms with Crippen LogP contribution in [0.15, 0.2) is 59.5 Å². The van der Waals surface area contributed by atoms with Gasteiger partial charge in [-0.2, -0.15) is 0 Å². The number of hydrogen-bond acceptors (Lipinski definition) is 3. The second-order valence-corrected chi connectivity index (χ2v) is 6.54. The van der Waals surface area contributed by atoms with Gasteiger partial charge in [-0.25, -0.2) is 12.8 Å². The van der Waals surface area contributed by atoms with Gasteiger partial charge in [-0.05, 0) is 37.3 Å². The maximum atomic E-state index is 13.3. The highest BCUT2D eigenvalue weighted by atomic mass is 32.2. The summed E-state index contributed by atoms with van der Waals surface area (Å²) in [5.74, 6) is -0.624. The lowest BCUT2D eigenvalue weighted by molar-refractivity contribution is 0.204. The van der Waals surface area contributed by atoms with Crippen molar-refractivity contribution >= 4 is 15.7 Å². The van der Waals surface area contributed by atoms with Crippen LogP contribution in [0.25, 0.3) is 0 Å². The molecule has 0 aliphatic rings. The Morgan fingerprint density at radius 1 is 1.14 bits per heavy atom. The van der Waals surface area contributed by atoms with Gasteiger partial charge in [0, 0.05) is 0 Å². The van der Waals surface area contributed by atoms with Crippen LogP contribution in [0.4, 0.5) is 10.1 Å². The standard InChI is InChI=1S/C15H16FNO3S/c1-12(18)11-17(14-7-3-2-4-8-14)21(19,20)15-9-5-6-13(16)10-15/h2-10,12,18H,11H2,1H3/t12-/m1/s1. The fourth-order valence-corrected chi connectivity index (χ4v) is 3.51. The number of benzene rings is 2. The Morgan fingerprint density at radius 3 is 2.38 bits per heavy atom. The summed E-state index contributed by atoms with van der Waals surface area (Å²) in [7, 11) is -3.94. The van der Waals surface area contributed by atoms with Crippen molar-refractivity contribution in [2.24, 2.45) is 0 Å². The Labute approximate surface area is 123 Å². The van der Waals surface area contributed by atoms with E-state index in [1.807, 2.05) is 0 Å². The second kappa shape index (κ2) is 6.24. The quantitative estimate of drug-likeness (QED) is 0.922. The van der Waals surface area contributed by atoms with E-state index >= 15 is 0 Å². The summed E-state index contributed by atoms with van der Waals surface area (Å²) in [6, 6.07) is 13.2. The lowest BCUT2D eigenvalue weighted by Crippen LogP contribution is -2.36. The molecule has 21 heavy (non-hydrogen) atoms. The maximum absolute atomic E-state index is 13.3. The molecule has 0 saturated carbocycles. The summed E-state index contributed by atoms with van der Waals surface area (Å²) in [5, 5.41) is 9.57. The average molecular weight is 309 g/mol. The predicted molar refractivity (Wildman–Crippen MR) is 79.1 cm³/mol. The third-order valence-corrected chi connectivity index (χ3v) is 4.65. The SMILES string of the molecule is C[C@@H](O)CN(c1ccccc1)S(=O)(=O)c1cccc(F)c1. The number of sulfonamides is 1. The van der Waals surface area contributed by atoms with E-state index in [1.54, 1.807) is 30.3 Å². The van der Waals surface area contributed by atoms with Gasteiger partial charge in [-0.3, -0.25) is 4.31 Å². The minimum Gasteiger partial charge on any atom is -0.392 e. The summed E-state index contributed by atoms with van der Waals surface area (Å²) in [4.78, 5) is -0.146. The normalized spacial score (nSPS) is 12.9. The van der Waals surface area contributed by atoms with Crippen molar-refractivity contribution in [3.63, 3.8) is 0 Å². The smallest absolute Gasteiger partial charge is 0.264 e. The number of nitrogens with zero attached hydrogens (tertiary/aromatic N) is 1. The topological polar surface area (TPSA) is 57.6 Å². The molecule has 2 aromatic carbocycles. The zero-order valence-corrected chi connectivity index (χ0v) is 12.3. The van der Waals surface area contributed by atoms with E-state index in [0.717, 1.165) is 10.4 Å². The van der Waals surface area contributed by atoms with Gasteiger partial charge >= 0.3 is 0 Å². The Bertz CT molecular complexity index is 702. The molecule has 112 valence electrons. The minimum absolute atomic E-state index is 0.108. The molecule has 6 heteroatoms. The molecule has 0 aliphatic carbocycles. The molecule has 0 radical (unpaired) electrons. The van der Waals surface area contributed by atoms with Crippen molar-refractivity contribution in [1.82, 2.24) is 0 Å². The fraction of sp³-hybridized carbons (Fsp3) is 0.200. The molecule has 0 amide bonds. The van der Waals surface area contributed by atoms with Crippen molar-refractivity contribution in [2.75, 3.05) is 10.8 Å². The van der Waals surface area contributed by atoms with Gasteiger partial charge in [0.05, 0.1) is 23.2 Å². The van der Waals surface area contributed by atoms with Crippen LogP contribution in [-0.4, -0.2) is 26.2 Å². The molecule has 0 saturated heterocycles. The first-order chi connectivity index (χ1) is 9.91. The van der Waals surface area contributed by atoms with Gasteiger partial charge < -0.3 is 5.11 Å². The van der Waals surface area contributed by atoms with E-state index in [9.17, 15) is 17.9 Å². The van der Waals surface area contributed by atoms with Gasteiger partial charge in [0.2, 0.25) is 0 Å². The zero-order chi connectivity index (χ0) is 15.5. The number of anilines is 1. The van der Waals surface area contributed by atoms with Crippen LogP contribution in [0.1, 0.15) is 6.92 Å². The molecular formula is C15H16FNO3S. The molecule has 0 bridgehead atoms. The highest BCUT2D eigenvalue weighted by molar-refractivity contribution is 7.92. The molecule has 0 spiro atoms. The summed E-state index contributed by atoms with van der Waals surface area (Å²) < 4.78 is 39.7. The Kier molecular flexibility index (Phi) is 4.59. The molecule has 2 aromatic rings. The zero-order valence-electron chi connectivity index (χ0n) is 11.5. The lowest BCUT2D eigenvalue weighted by Gasteiger charge is -2.25. The van der Waals surface area contributed by atoms with Gasteiger partial charge in [0.1, 0.15) is 5.82 Å². The fourth-order valence-electron chi connectivity index (χ4n) is 1.93. The Hall–Kier alpha value is -1.92. The monoisotopic (exact) mass is 309 g/mol. The van der Waals surface area contributed by atoms with Crippen molar-refractivity contribution < 1.29 is 17.9 Å². The van der Waals surface area contributed by atoms with E-state index < -0.39 is 21.9 Å². The Balaban J connectivity index is 2.50. The van der Waals surface area contributed by atoms with E-state index in [2.05, 4.69) is 0 Å². The van der Waals surface area contributed by atoms with E-state index in [1.165, 1.54) is 25.1 Å². The summed E-state index contributed by atoms with van der Waals surface area (Å²) in [6.07, 6.45) is -0.853. The first-order valence-corrected chi connectivity index (χ1v) is 7.86. The average Bonchev–Trinajstić information content (AvgIpc) is 2.45. The second-order valence-electron chi connectivity index (χ2n) is 4.68. The largest absolute Gasteiger partial charge is 0.392 e. The molecular weight excluding hydrogens is 293 g/mol. The molecule has 1 N–H and O–H groups in total. The Morgan fingerprint density at radius 2 is 1.81 bits per heavy atom. The van der Waals surface area contributed by atoms with Crippen LogP contribution in [-0.2, 0) is 10.0 Å². The van der Waals surface area contributed by atoms with Gasteiger partial charge in [0.15, 0.2) is 0 Å². The first-order valence-electron chi connectivity index (χ1n) is 6.42. The third-order valence-electron chi connectivity index (χ3n) is 2.86. The minimum atomic E-state index is -3.94. The van der Waals surface area contributed by atoms with E-state index in [-0.39, 0.29) is 11.4 Å². The highest BCUT2D eigenvalue weighted by Crippen LogP contribution is 2.24. The third kappa shape index (κ3) is 3.59. The van der Waals surface area contributed by atoms with E-state index in [4.69, 9.17) is 0 Å². The summed E-state index contributed by atoms with van der Waals surface area (Å²) in [6.45, 7) is 1.39. The number of para-hydroxylation sites is 1. The van der Waals surface area contributed by atoms with Crippen molar-refractivity contribution in [3.05, 3.63) is 60.4 Å². The number of hydrogen-bond donors (Lipinski definition) is 1. The maximum Gasteiger partial charge on any atom is 0.264 e. The van der Waals surface area contributed by atoms with Gasteiger partial charge in [-0.1, -0.05) is 24.3 Å². The number of aliphatic hydroxyl groups is 1. The van der Waals surface area contributed by atoms with Gasteiger partial charge in [0.25, 0.3) is 10.0 Å². The molecule has 0 unspecified atom stereocenters. The molecule has 2 rings (SSSR count). The van der Waals surface area contributed by atoms with Crippen molar-refractivity contribution in [2.45, 2.75) is 17.9 Å². The number of rotatable bonds is 5. The molecule has 1 atom stereocenters. The van der Waals surface area contributed by atoms with Crippen LogP contribution >= 0.6 is 0 Å². The van der Waals surface area contributed by atoms with Crippen molar-refractivity contribution in [1.29, 1.82) is 0 Å². The van der Waals surface area contributed by atoms with Crippen LogP contribution in [0, 0.1) is 5.82 Å². The van der Waals surface area contributed by atoms with Crippen LogP contribution in [0.3, 0.4) is 0 Å². The van der Waals surface area contributed by atoms with Crippen molar-refractivity contribution in [3.8, 4) is 0 Å². The molecule has 0 heterocycles. The number of aliphatic hydroxyl groups excluding tert-OH is 1. The molecule has 0 aromatic heterocycles. The molecule has 0 fully saturated rings. The van der Waals surface area contributed by atoms with Crippen LogP contribution in [0.2, 0.25) is 0 Å². The lowest BCUT2D eigenvalue weighted by atomic mass is 10.3. The summed E-state index contributed by atoms with van der Waals surface area (Å²) >= 11 is 0. The predicted octanol–water partition coefficient (Wildman–Crippen LogP) is 2.40. The first kappa shape index (κ1) is 15.5. The highest BCUT2D eigenvalue weighted by Gasteiger charge is 2.26. The number of halogens is 1. The molecule has 0 aliphatic heterocycles. The summed E-state index contributed by atoms with van der Waals surface area (Å²) in [5.41, 5.74) is 0.419. The van der Waals surface area contributed by atoms with Crippen LogP contribution in [0.5, 0.6) is 0 Å². The van der Waals surface area contributed by atoms with Gasteiger partial charge in [-0.15, -0.1) is 0 Å². The molecule has 4 nitrogen and oxygen atoms in total. The van der Waals surface area contributed by atoms with E-state index in [0.29, 0.717) is 5.69 Å².